The van der Waals surface area contributed by atoms with Crippen LogP contribution in [0.1, 0.15) is 10.4 Å². The Morgan fingerprint density at radius 2 is 1.81 bits per heavy atom. The van der Waals surface area contributed by atoms with Crippen LogP contribution in [-0.2, 0) is 0 Å². The molecule has 2 N–H and O–H groups in total. The van der Waals surface area contributed by atoms with Crippen LogP contribution in [0, 0.1) is 17.5 Å². The molecule has 6 heteroatoms. The van der Waals surface area contributed by atoms with Gasteiger partial charge in [0.2, 0.25) is 0 Å². The number of halogens is 3. The van der Waals surface area contributed by atoms with Crippen molar-refractivity contribution in [2.45, 2.75) is 0 Å². The molecule has 21 heavy (non-hydrogen) atoms. The van der Waals surface area contributed by atoms with Gasteiger partial charge in [0.15, 0.2) is 17.5 Å². The van der Waals surface area contributed by atoms with E-state index < -0.39 is 29.0 Å². The first-order chi connectivity index (χ1) is 10.1. The lowest BCUT2D eigenvalue weighted by molar-refractivity contribution is 0.102. The molecular weight excluding hydrogens is 281 g/mol. The van der Waals surface area contributed by atoms with Gasteiger partial charge < -0.3 is 10.3 Å². The molecule has 0 aliphatic heterocycles. The second kappa shape index (κ2) is 4.97. The molecule has 1 amide bonds. The minimum atomic E-state index is -1.62. The highest BCUT2D eigenvalue weighted by Crippen LogP contribution is 2.21. The molecule has 1 aromatic heterocycles. The Hall–Kier alpha value is -2.76. The molecule has 0 aliphatic rings. The number of carbonyl (C=O) groups excluding carboxylic acids is 1. The third-order valence-corrected chi connectivity index (χ3v) is 3.10. The van der Waals surface area contributed by atoms with Crippen molar-refractivity contribution < 1.29 is 18.0 Å². The normalized spacial score (nSPS) is 10.8. The first-order valence-corrected chi connectivity index (χ1v) is 6.08. The van der Waals surface area contributed by atoms with Crippen LogP contribution in [0.5, 0.6) is 0 Å². The molecule has 0 spiro atoms. The zero-order valence-electron chi connectivity index (χ0n) is 10.6. The van der Waals surface area contributed by atoms with Crippen LogP contribution in [0.3, 0.4) is 0 Å². The number of H-pyrrole nitrogens is 1. The molecule has 106 valence electrons. The van der Waals surface area contributed by atoms with Gasteiger partial charge in [-0.2, -0.15) is 0 Å². The fourth-order valence-electron chi connectivity index (χ4n) is 2.01. The zero-order valence-corrected chi connectivity index (χ0v) is 10.6. The quantitative estimate of drug-likeness (QED) is 0.692. The second-order valence-corrected chi connectivity index (χ2v) is 4.46. The number of benzene rings is 2. The van der Waals surface area contributed by atoms with E-state index in [0.29, 0.717) is 0 Å². The van der Waals surface area contributed by atoms with Gasteiger partial charge in [-0.25, -0.2) is 13.2 Å². The fraction of sp³-hybridized carbons (Fsp3) is 0. The van der Waals surface area contributed by atoms with Gasteiger partial charge in [-0.05, 0) is 36.4 Å². The van der Waals surface area contributed by atoms with E-state index in [1.165, 1.54) is 0 Å². The zero-order chi connectivity index (χ0) is 15.0. The molecule has 0 aliphatic carbocycles. The maximum atomic E-state index is 13.5. The fourth-order valence-corrected chi connectivity index (χ4v) is 2.01. The first-order valence-electron chi connectivity index (χ1n) is 6.08. The molecule has 0 atom stereocenters. The standard InChI is InChI=1S/C15H9F3N2O/c16-10-2-4-12(14(18)13(10)17)20-15(21)9-1-3-11-8(7-9)5-6-19-11/h1-7,19H,(H,20,21). The van der Waals surface area contributed by atoms with E-state index in [1.807, 2.05) is 0 Å². The van der Waals surface area contributed by atoms with E-state index >= 15 is 0 Å². The largest absolute Gasteiger partial charge is 0.361 e. The molecule has 0 fully saturated rings. The van der Waals surface area contributed by atoms with Crippen LogP contribution in [0.15, 0.2) is 42.6 Å². The van der Waals surface area contributed by atoms with Crippen LogP contribution >= 0.6 is 0 Å². The van der Waals surface area contributed by atoms with Crippen LogP contribution < -0.4 is 5.32 Å². The van der Waals surface area contributed by atoms with Gasteiger partial charge in [0, 0.05) is 22.7 Å². The maximum Gasteiger partial charge on any atom is 0.255 e. The number of rotatable bonds is 2. The molecule has 0 saturated heterocycles. The van der Waals surface area contributed by atoms with Crippen molar-refractivity contribution in [3.05, 3.63) is 65.6 Å². The van der Waals surface area contributed by atoms with Crippen molar-refractivity contribution in [2.75, 3.05) is 5.32 Å². The summed E-state index contributed by atoms with van der Waals surface area (Å²) < 4.78 is 39.4. The lowest BCUT2D eigenvalue weighted by Gasteiger charge is -2.07. The Morgan fingerprint density at radius 1 is 1.00 bits per heavy atom. The van der Waals surface area contributed by atoms with Crippen molar-refractivity contribution in [1.29, 1.82) is 0 Å². The Labute approximate surface area is 117 Å². The highest BCUT2D eigenvalue weighted by molar-refractivity contribution is 6.06. The second-order valence-electron chi connectivity index (χ2n) is 4.46. The molecule has 0 unspecified atom stereocenters. The van der Waals surface area contributed by atoms with E-state index in [0.717, 1.165) is 23.0 Å². The number of hydrogen-bond donors (Lipinski definition) is 2. The van der Waals surface area contributed by atoms with Gasteiger partial charge in [0.25, 0.3) is 5.91 Å². The van der Waals surface area contributed by atoms with Gasteiger partial charge in [-0.3, -0.25) is 4.79 Å². The summed E-state index contributed by atoms with van der Waals surface area (Å²) in [6.45, 7) is 0. The smallest absolute Gasteiger partial charge is 0.255 e. The summed E-state index contributed by atoms with van der Waals surface area (Å²) >= 11 is 0. The Kier molecular flexibility index (Phi) is 3.13. The predicted molar refractivity (Wildman–Crippen MR) is 72.6 cm³/mol. The topological polar surface area (TPSA) is 44.9 Å². The van der Waals surface area contributed by atoms with E-state index in [2.05, 4.69) is 10.3 Å². The minimum absolute atomic E-state index is 0.284. The number of fused-ring (bicyclic) bond motifs is 1. The van der Waals surface area contributed by atoms with Crippen molar-refractivity contribution >= 4 is 22.5 Å². The van der Waals surface area contributed by atoms with E-state index in [-0.39, 0.29) is 5.56 Å². The molecule has 3 rings (SSSR count). The highest BCUT2D eigenvalue weighted by atomic mass is 19.2. The SMILES string of the molecule is O=C(Nc1ccc(F)c(F)c1F)c1ccc2[nH]ccc2c1. The van der Waals surface area contributed by atoms with Gasteiger partial charge in [0.1, 0.15) is 0 Å². The number of aromatic nitrogens is 1. The summed E-state index contributed by atoms with van der Waals surface area (Å²) in [5.74, 6) is -4.96. The Bertz CT molecular complexity index is 842. The average Bonchev–Trinajstić information content (AvgIpc) is 2.95. The van der Waals surface area contributed by atoms with E-state index in [9.17, 15) is 18.0 Å². The molecule has 3 aromatic rings. The molecule has 3 nitrogen and oxygen atoms in total. The summed E-state index contributed by atoms with van der Waals surface area (Å²) in [6, 6.07) is 8.37. The van der Waals surface area contributed by atoms with Crippen molar-refractivity contribution in [1.82, 2.24) is 4.98 Å². The molecule has 0 bridgehead atoms. The lowest BCUT2D eigenvalue weighted by Crippen LogP contribution is -2.13. The number of nitrogens with one attached hydrogen (secondary N) is 2. The summed E-state index contributed by atoms with van der Waals surface area (Å²) in [7, 11) is 0. The van der Waals surface area contributed by atoms with Gasteiger partial charge >= 0.3 is 0 Å². The summed E-state index contributed by atoms with van der Waals surface area (Å²) in [4.78, 5) is 15.0. The third-order valence-electron chi connectivity index (χ3n) is 3.10. The van der Waals surface area contributed by atoms with Gasteiger partial charge in [-0.1, -0.05) is 0 Å². The monoisotopic (exact) mass is 290 g/mol. The number of aromatic amines is 1. The van der Waals surface area contributed by atoms with Crippen LogP contribution in [-0.4, -0.2) is 10.9 Å². The van der Waals surface area contributed by atoms with Gasteiger partial charge in [-0.15, -0.1) is 0 Å². The number of anilines is 1. The molecule has 0 radical (unpaired) electrons. The minimum Gasteiger partial charge on any atom is -0.361 e. The molecule has 2 aromatic carbocycles. The van der Waals surface area contributed by atoms with Crippen molar-refractivity contribution in [2.24, 2.45) is 0 Å². The Morgan fingerprint density at radius 3 is 2.62 bits per heavy atom. The summed E-state index contributed by atoms with van der Waals surface area (Å²) in [6.07, 6.45) is 1.72. The molecule has 1 heterocycles. The average molecular weight is 290 g/mol. The number of hydrogen-bond acceptors (Lipinski definition) is 1. The van der Waals surface area contributed by atoms with Crippen molar-refractivity contribution in [3.8, 4) is 0 Å². The third kappa shape index (κ3) is 2.35. The predicted octanol–water partition coefficient (Wildman–Crippen LogP) is 3.84. The summed E-state index contributed by atoms with van der Waals surface area (Å²) in [5.41, 5.74) is 0.727. The van der Waals surface area contributed by atoms with Crippen LogP contribution in [0.4, 0.5) is 18.9 Å². The maximum absolute atomic E-state index is 13.5. The Balaban J connectivity index is 1.91. The number of carbonyl (C=O) groups is 1. The highest BCUT2D eigenvalue weighted by Gasteiger charge is 2.16. The van der Waals surface area contributed by atoms with Gasteiger partial charge in [0.05, 0.1) is 5.69 Å². The number of amides is 1. The van der Waals surface area contributed by atoms with Crippen LogP contribution in [0.2, 0.25) is 0 Å². The van der Waals surface area contributed by atoms with Crippen LogP contribution in [0.25, 0.3) is 10.9 Å². The lowest BCUT2D eigenvalue weighted by atomic mass is 10.1. The molecular formula is C15H9F3N2O. The first kappa shape index (κ1) is 13.2. The summed E-state index contributed by atoms with van der Waals surface area (Å²) in [5, 5.41) is 3.03. The van der Waals surface area contributed by atoms with E-state index in [1.54, 1.807) is 30.5 Å². The molecule has 0 saturated carbocycles. The van der Waals surface area contributed by atoms with E-state index in [4.69, 9.17) is 0 Å². The van der Waals surface area contributed by atoms with Crippen molar-refractivity contribution in [3.63, 3.8) is 0 Å².